The van der Waals surface area contributed by atoms with Gasteiger partial charge in [-0.1, -0.05) is 27.7 Å². The molecule has 9 aliphatic rings. The van der Waals surface area contributed by atoms with Crippen LogP contribution in [0.15, 0.2) is 0 Å². The maximum atomic E-state index is 12.7. The van der Waals surface area contributed by atoms with E-state index in [-0.39, 0.29) is 0 Å². The van der Waals surface area contributed by atoms with Crippen molar-refractivity contribution in [1.82, 2.24) is 0 Å². The SMILES string of the molecule is CC1C(O)[C@H](O[C@@H]2OC(CO[C@]3(C(=O)O)C[C@@H](O)[C@@H](N)C([C@H](O)[C@H](O)CO)O3)[C@H](O)C(O)[C@@H]2O)[C@H](CO)O[C@H]1O[C@@H]1C(O)[C@H](O)C(CO)O[C@@H]1OCC1O[C@@H](O[C@@H]2C(CO)O[C@@H](O[C@@H]3C(CO)O[C@@H](C)[C@@H](C)C3O)[C@@H](C)C2O)C(O)[C@@H](O[C@H]2O[C@H](CO)[C@@H](O)C(O)C2O[C@@H]2OC(CO)[C@@H](O)C(O)[C@@H]2C)[C@@H]1O. The molecule has 9 rings (SSSR count). The zero-order valence-electron chi connectivity index (χ0n) is 58.2. The van der Waals surface area contributed by atoms with Gasteiger partial charge in [0.1, 0.15) is 165 Å². The van der Waals surface area contributed by atoms with Crippen molar-refractivity contribution in [3.8, 4) is 0 Å². The Morgan fingerprint density at radius 2 is 0.755 bits per heavy atom. The van der Waals surface area contributed by atoms with E-state index in [0.29, 0.717) is 0 Å². The number of hydrogen-bond acceptors (Lipinski definition) is 43. The lowest BCUT2D eigenvalue weighted by Gasteiger charge is -2.50. The molecule has 9 fully saturated rings. The highest BCUT2D eigenvalue weighted by Gasteiger charge is 2.61. The van der Waals surface area contributed by atoms with Gasteiger partial charge in [0, 0.05) is 30.1 Å². The van der Waals surface area contributed by atoms with E-state index in [1.54, 1.807) is 13.8 Å². The van der Waals surface area contributed by atoms with Crippen LogP contribution in [0.2, 0.25) is 0 Å². The second-order valence-electron chi connectivity index (χ2n) is 28.6. The minimum Gasteiger partial charge on any atom is -0.477 e. The lowest BCUT2D eigenvalue weighted by atomic mass is 9.88. The number of aliphatic hydroxyl groups excluding tert-OH is 24. The first kappa shape index (κ1) is 87.8. The number of aliphatic carboxylic acids is 1. The number of rotatable bonds is 28. The topological polar surface area (TPSA) is 706 Å². The fourth-order valence-corrected chi connectivity index (χ4v) is 14.4. The van der Waals surface area contributed by atoms with E-state index in [4.69, 9.17) is 86.3 Å². The fourth-order valence-electron chi connectivity index (χ4n) is 14.4. The van der Waals surface area contributed by atoms with E-state index >= 15 is 0 Å². The number of hydrogen-bond donors (Lipinski definition) is 26. The zero-order valence-corrected chi connectivity index (χ0v) is 58.2. The lowest BCUT2D eigenvalue weighted by Crippen LogP contribution is -2.68. The van der Waals surface area contributed by atoms with Gasteiger partial charge in [-0.15, -0.1) is 0 Å². The van der Waals surface area contributed by atoms with Gasteiger partial charge in [0.25, 0.3) is 5.79 Å². The monoisotopic (exact) mass is 1550 g/mol. The predicted octanol–water partition coefficient (Wildman–Crippen LogP) is -15.3. The molecular weight excluding hydrogens is 1450 g/mol. The largest absolute Gasteiger partial charge is 0.477 e. The van der Waals surface area contributed by atoms with Gasteiger partial charge in [-0.3, -0.25) is 0 Å². The first-order chi connectivity index (χ1) is 50.1. The summed E-state index contributed by atoms with van der Waals surface area (Å²) < 4.78 is 101. The van der Waals surface area contributed by atoms with Crippen molar-refractivity contribution in [3.05, 3.63) is 0 Å². The molecule has 9 heterocycles. The smallest absolute Gasteiger partial charge is 0.364 e. The van der Waals surface area contributed by atoms with Crippen molar-refractivity contribution in [2.45, 2.75) is 298 Å². The van der Waals surface area contributed by atoms with Gasteiger partial charge in [0.15, 0.2) is 44.0 Å². The molecule has 0 aromatic rings. The summed E-state index contributed by atoms with van der Waals surface area (Å²) in [6.45, 7) is -1.29. The molecule has 0 spiro atoms. The molecule has 618 valence electrons. The van der Waals surface area contributed by atoms with Crippen LogP contribution in [-0.2, 0) is 85.3 Å². The van der Waals surface area contributed by atoms with E-state index < -0.39 is 353 Å². The molecule has 0 radical (unpaired) electrons. The highest BCUT2D eigenvalue weighted by atomic mass is 16.8. The van der Waals surface area contributed by atoms with Gasteiger partial charge in [-0.05, 0) is 6.92 Å². The van der Waals surface area contributed by atoms with Crippen LogP contribution in [0.1, 0.15) is 41.0 Å². The molecular formula is C62H107NO43. The molecule has 0 aromatic carbocycles. The van der Waals surface area contributed by atoms with Crippen LogP contribution in [0.5, 0.6) is 0 Å². The number of carboxylic acids is 1. The average Bonchev–Trinajstić information content (AvgIpc) is 0.776. The minimum absolute atomic E-state index is 0.526. The van der Waals surface area contributed by atoms with Crippen LogP contribution in [0, 0.1) is 23.7 Å². The molecule has 44 nitrogen and oxygen atoms in total. The third-order valence-electron chi connectivity index (χ3n) is 21.5. The van der Waals surface area contributed by atoms with Crippen LogP contribution >= 0.6 is 0 Å². The Balaban J connectivity index is 0.951. The highest BCUT2D eigenvalue weighted by molar-refractivity contribution is 5.76. The maximum Gasteiger partial charge on any atom is 0.364 e. The number of ether oxygens (including phenoxy) is 17. The fraction of sp³-hybridized carbons (Fsp3) is 0.984. The molecule has 27 N–H and O–H groups in total. The quantitative estimate of drug-likeness (QED) is 0.0346. The van der Waals surface area contributed by atoms with Crippen molar-refractivity contribution in [2.24, 2.45) is 29.4 Å². The van der Waals surface area contributed by atoms with Crippen molar-refractivity contribution in [1.29, 1.82) is 0 Å². The van der Waals surface area contributed by atoms with E-state index in [1.165, 1.54) is 20.8 Å². The van der Waals surface area contributed by atoms with Gasteiger partial charge in [0.05, 0.1) is 102 Å². The zero-order chi connectivity index (χ0) is 78.1. The van der Waals surface area contributed by atoms with Gasteiger partial charge in [-0.2, -0.15) is 0 Å². The summed E-state index contributed by atoms with van der Waals surface area (Å²) in [4.78, 5) is 12.7. The molecule has 44 heteroatoms. The summed E-state index contributed by atoms with van der Waals surface area (Å²) in [6, 6.07) is -1.55. The molecule has 0 amide bonds. The minimum atomic E-state index is -2.92. The summed E-state index contributed by atoms with van der Waals surface area (Å²) in [5.74, 6) is -9.10. The van der Waals surface area contributed by atoms with Crippen LogP contribution in [0.4, 0.5) is 0 Å². The van der Waals surface area contributed by atoms with Gasteiger partial charge in [-0.25, -0.2) is 4.79 Å². The number of carbonyl (C=O) groups is 1. The summed E-state index contributed by atoms with van der Waals surface area (Å²) in [7, 11) is 0. The summed E-state index contributed by atoms with van der Waals surface area (Å²) in [5, 5.41) is 274. The normalized spacial score (nSPS) is 51.9. The molecule has 0 aliphatic carbocycles. The van der Waals surface area contributed by atoms with Crippen molar-refractivity contribution in [2.75, 3.05) is 59.5 Å². The Labute approximate surface area is 604 Å². The Morgan fingerprint density at radius 3 is 1.24 bits per heavy atom. The molecule has 9 aliphatic heterocycles. The third-order valence-corrected chi connectivity index (χ3v) is 21.5. The Kier molecular flexibility index (Phi) is 30.9. The van der Waals surface area contributed by atoms with E-state index in [0.717, 1.165) is 0 Å². The van der Waals surface area contributed by atoms with E-state index in [1.807, 2.05) is 0 Å². The molecule has 9 saturated heterocycles. The molecule has 17 unspecified atom stereocenters. The van der Waals surface area contributed by atoms with Crippen molar-refractivity contribution >= 4 is 5.97 Å². The van der Waals surface area contributed by atoms with Crippen LogP contribution < -0.4 is 5.73 Å². The van der Waals surface area contributed by atoms with E-state index in [9.17, 15) is 132 Å². The third kappa shape index (κ3) is 18.1. The molecule has 0 saturated carbocycles. The van der Waals surface area contributed by atoms with Crippen LogP contribution in [0.3, 0.4) is 0 Å². The van der Waals surface area contributed by atoms with Gasteiger partial charge in [0.2, 0.25) is 0 Å². The maximum absolute atomic E-state index is 12.7. The second-order valence-corrected chi connectivity index (χ2v) is 28.6. The summed E-state index contributed by atoms with van der Waals surface area (Å²) in [5.41, 5.74) is 5.95. The van der Waals surface area contributed by atoms with Crippen LogP contribution in [0.25, 0.3) is 0 Å². The first-order valence-electron chi connectivity index (χ1n) is 35.0. The number of nitrogens with two attached hydrogens (primary N) is 1. The Bertz CT molecular complexity index is 2690. The van der Waals surface area contributed by atoms with Crippen molar-refractivity contribution in [3.63, 3.8) is 0 Å². The number of carboxylic acid groups (broad SMARTS) is 1. The standard InChI is InChI=1S/C62H107NO43/c1-16-20(5)92-26(11-68)47(33(16)74)100-55-18(3)34(75)49(28(13-70)96-55)102-58-46(87)51(103-60-53(44(85)39(80)25(10-67)95-60)105-54-17(2)32(73)37(78)23(8-65)93-54)41(82)29(98-58)14-90-59-52(43(84)38(79)24(9-66)94-59)104-56-19(4)35(76)48(27(12-69)97-56)101-57-45(86)42(83)40(81)30(99-57)15-91-62(61(88)89)6-21(71)31(63)50(106-62)36(77)22(72)7-64/h16-60,64-87H,6-15,63H2,1-5H3,(H,88,89)/t16-,17+,18+,19?,20+,21-,22-,23?,24?,25-,26?,27+,28?,29?,30?,31-,32?,33?,34?,35?,36-,37-,38-,39-,40+,41-,42?,43?,44?,45+,46?,47-,48-,49-,50?,51+,52-,53?,54+,55+,56+,57+,58+,59+,60-,62-/m1/s1. The highest BCUT2D eigenvalue weighted by Crippen LogP contribution is 2.42. The molecule has 46 atom stereocenters. The van der Waals surface area contributed by atoms with Crippen LogP contribution in [-0.4, -0.2) is 450 Å². The Hall–Kier alpha value is -2.21. The van der Waals surface area contributed by atoms with E-state index in [2.05, 4.69) is 0 Å². The first-order valence-corrected chi connectivity index (χ1v) is 35.0. The lowest BCUT2D eigenvalue weighted by molar-refractivity contribution is -0.399. The average molecular weight is 1550 g/mol. The number of aliphatic hydroxyl groups is 24. The molecule has 0 bridgehead atoms. The second kappa shape index (κ2) is 37.4. The molecule has 106 heavy (non-hydrogen) atoms. The molecule has 0 aromatic heterocycles. The van der Waals surface area contributed by atoms with Gasteiger partial charge < -0.3 is 214 Å². The Morgan fingerprint density at radius 1 is 0.387 bits per heavy atom. The van der Waals surface area contributed by atoms with Gasteiger partial charge >= 0.3 is 5.97 Å². The summed E-state index contributed by atoms with van der Waals surface area (Å²) >= 11 is 0. The van der Waals surface area contributed by atoms with Crippen molar-refractivity contribution < 1.29 is 213 Å². The summed E-state index contributed by atoms with van der Waals surface area (Å²) in [6.07, 6.45) is -74.2. The predicted molar refractivity (Wildman–Crippen MR) is 332 cm³/mol.